The highest BCUT2D eigenvalue weighted by Gasteiger charge is 2.44. The lowest BCUT2D eigenvalue weighted by Gasteiger charge is -2.48. The van der Waals surface area contributed by atoms with Crippen molar-refractivity contribution >= 4 is 22.1 Å². The van der Waals surface area contributed by atoms with Crippen LogP contribution in [0.25, 0.3) is 6.08 Å². The van der Waals surface area contributed by atoms with E-state index in [1.165, 1.54) is 18.2 Å². The summed E-state index contributed by atoms with van der Waals surface area (Å²) in [6, 6.07) is 7.76. The van der Waals surface area contributed by atoms with Gasteiger partial charge in [0.1, 0.15) is 0 Å². The Hall–Kier alpha value is -1.92. The van der Waals surface area contributed by atoms with Crippen LogP contribution >= 0.6 is 0 Å². The first-order valence-corrected chi connectivity index (χ1v) is 12.5. The van der Waals surface area contributed by atoms with Crippen LogP contribution in [-0.4, -0.2) is 25.5 Å². The molecule has 0 amide bonds. The highest BCUT2D eigenvalue weighted by atomic mass is 32.2. The zero-order valence-corrected chi connectivity index (χ0v) is 18.5. The van der Waals surface area contributed by atoms with E-state index < -0.39 is 16.0 Å². The van der Waals surface area contributed by atoms with Crippen LogP contribution in [0.4, 0.5) is 0 Å². The van der Waals surface area contributed by atoms with Gasteiger partial charge >= 0.3 is 5.97 Å². The van der Waals surface area contributed by atoms with Crippen molar-refractivity contribution in [2.75, 3.05) is 0 Å². The van der Waals surface area contributed by atoms with Crippen molar-refractivity contribution in [1.82, 2.24) is 4.72 Å². The number of unbranched alkanes of at least 4 members (excludes halogenated alkanes) is 1. The summed E-state index contributed by atoms with van der Waals surface area (Å²) in [5.41, 5.74) is 2.02. The molecule has 1 aromatic rings. The molecule has 164 valence electrons. The number of hydrogen-bond acceptors (Lipinski definition) is 3. The van der Waals surface area contributed by atoms with Crippen LogP contribution in [0, 0.1) is 24.7 Å². The van der Waals surface area contributed by atoms with Gasteiger partial charge in [-0.1, -0.05) is 42.0 Å². The van der Waals surface area contributed by atoms with Gasteiger partial charge in [0.2, 0.25) is 10.0 Å². The summed E-state index contributed by atoms with van der Waals surface area (Å²) in [6.07, 6.45) is 12.8. The number of carboxylic acids is 1. The molecule has 6 heteroatoms. The quantitative estimate of drug-likeness (QED) is 0.408. The van der Waals surface area contributed by atoms with Crippen LogP contribution in [0.2, 0.25) is 0 Å². The lowest BCUT2D eigenvalue weighted by Crippen LogP contribution is -2.52. The molecule has 5 nitrogen and oxygen atoms in total. The number of allylic oxidation sites excluding steroid dienone is 2. The van der Waals surface area contributed by atoms with E-state index in [0.29, 0.717) is 24.2 Å². The van der Waals surface area contributed by atoms with E-state index in [1.807, 2.05) is 37.3 Å². The molecular formula is C24H33NO4S. The monoisotopic (exact) mass is 431 g/mol. The Bertz CT molecular complexity index is 865. The third-order valence-corrected chi connectivity index (χ3v) is 7.64. The first-order valence-electron chi connectivity index (χ1n) is 11.0. The number of hydrogen-bond donors (Lipinski definition) is 2. The predicted molar refractivity (Wildman–Crippen MR) is 120 cm³/mol. The lowest BCUT2D eigenvalue weighted by atomic mass is 9.61. The molecular weight excluding hydrogens is 398 g/mol. The summed E-state index contributed by atoms with van der Waals surface area (Å²) < 4.78 is 28.5. The summed E-state index contributed by atoms with van der Waals surface area (Å²) in [4.78, 5) is 10.6. The van der Waals surface area contributed by atoms with Gasteiger partial charge in [0.05, 0.1) is 0 Å². The van der Waals surface area contributed by atoms with E-state index in [9.17, 15) is 13.2 Å². The van der Waals surface area contributed by atoms with Crippen molar-refractivity contribution in [3.63, 3.8) is 0 Å². The van der Waals surface area contributed by atoms with Crippen LogP contribution in [0.5, 0.6) is 0 Å². The van der Waals surface area contributed by atoms with Crippen molar-refractivity contribution in [1.29, 1.82) is 0 Å². The summed E-state index contributed by atoms with van der Waals surface area (Å²) in [7, 11) is -3.51. The molecule has 0 saturated heterocycles. The Morgan fingerprint density at radius 3 is 2.43 bits per heavy atom. The summed E-state index contributed by atoms with van der Waals surface area (Å²) in [6.45, 7) is 2.00. The van der Waals surface area contributed by atoms with Crippen LogP contribution in [0.1, 0.15) is 62.5 Å². The lowest BCUT2D eigenvalue weighted by molar-refractivity contribution is -0.137. The van der Waals surface area contributed by atoms with Gasteiger partial charge in [0, 0.05) is 17.9 Å². The Morgan fingerprint density at radius 2 is 1.77 bits per heavy atom. The number of benzene rings is 1. The first-order chi connectivity index (χ1) is 14.3. The van der Waals surface area contributed by atoms with Gasteiger partial charge in [-0.05, 0) is 81.3 Å². The van der Waals surface area contributed by atoms with Gasteiger partial charge in [0.25, 0.3) is 0 Å². The number of rotatable bonds is 10. The third-order valence-electron chi connectivity index (χ3n) is 6.54. The number of sulfonamides is 1. The van der Waals surface area contributed by atoms with Crippen molar-refractivity contribution in [2.45, 2.75) is 64.3 Å². The highest BCUT2D eigenvalue weighted by molar-refractivity contribution is 7.92. The summed E-state index contributed by atoms with van der Waals surface area (Å²) in [5, 5.41) is 10.0. The van der Waals surface area contributed by atoms with Gasteiger partial charge in [-0.25, -0.2) is 13.1 Å². The van der Waals surface area contributed by atoms with E-state index in [2.05, 4.69) is 10.8 Å². The van der Waals surface area contributed by atoms with E-state index in [-0.39, 0.29) is 12.5 Å². The van der Waals surface area contributed by atoms with E-state index in [1.54, 1.807) is 6.08 Å². The SMILES string of the molecule is Cc1ccc(/C=C/S(=O)(=O)NC2C3CCC(CC3)C2C/C=C/CCCC(=O)O)cc1. The van der Waals surface area contributed by atoms with Gasteiger partial charge in [-0.15, -0.1) is 0 Å². The molecule has 0 heterocycles. The molecule has 2 unspecified atom stereocenters. The fourth-order valence-corrected chi connectivity index (χ4v) is 6.08. The zero-order chi connectivity index (χ0) is 21.6. The normalized spacial score (nSPS) is 26.6. The van der Waals surface area contributed by atoms with Crippen molar-refractivity contribution in [3.8, 4) is 0 Å². The number of carbonyl (C=O) groups is 1. The maximum atomic E-state index is 12.8. The predicted octanol–water partition coefficient (Wildman–Crippen LogP) is 4.89. The molecule has 4 rings (SSSR count). The van der Waals surface area contributed by atoms with E-state index in [0.717, 1.165) is 36.8 Å². The van der Waals surface area contributed by atoms with Gasteiger partial charge < -0.3 is 5.11 Å². The van der Waals surface area contributed by atoms with Gasteiger partial charge in [0.15, 0.2) is 0 Å². The Labute approximate surface area is 180 Å². The van der Waals surface area contributed by atoms with Crippen molar-refractivity contribution in [2.24, 2.45) is 17.8 Å². The molecule has 0 aromatic heterocycles. The molecule has 0 spiro atoms. The molecule has 3 fully saturated rings. The topological polar surface area (TPSA) is 83.5 Å². The third kappa shape index (κ3) is 6.54. The van der Waals surface area contributed by atoms with Crippen LogP contribution in [0.3, 0.4) is 0 Å². The maximum Gasteiger partial charge on any atom is 0.303 e. The molecule has 3 aliphatic rings. The highest BCUT2D eigenvalue weighted by Crippen LogP contribution is 2.46. The Kier molecular flexibility index (Phi) is 7.89. The molecule has 3 aliphatic carbocycles. The second-order valence-corrected chi connectivity index (χ2v) is 10.3. The van der Waals surface area contributed by atoms with Crippen molar-refractivity contribution in [3.05, 3.63) is 53.0 Å². The zero-order valence-electron chi connectivity index (χ0n) is 17.7. The van der Waals surface area contributed by atoms with Crippen LogP contribution < -0.4 is 4.72 Å². The number of nitrogens with one attached hydrogen (secondary N) is 1. The number of fused-ring (bicyclic) bond motifs is 3. The first kappa shape index (κ1) is 22.8. The molecule has 0 aliphatic heterocycles. The molecule has 30 heavy (non-hydrogen) atoms. The smallest absolute Gasteiger partial charge is 0.303 e. The maximum absolute atomic E-state index is 12.8. The Balaban J connectivity index is 1.61. The fraction of sp³-hybridized carbons (Fsp3) is 0.542. The Morgan fingerprint density at radius 1 is 1.10 bits per heavy atom. The van der Waals surface area contributed by atoms with Crippen molar-refractivity contribution < 1.29 is 18.3 Å². The van der Waals surface area contributed by atoms with Gasteiger partial charge in [-0.3, -0.25) is 4.79 Å². The van der Waals surface area contributed by atoms with Crippen LogP contribution in [-0.2, 0) is 14.8 Å². The minimum Gasteiger partial charge on any atom is -0.481 e. The number of carboxylic acid groups (broad SMARTS) is 1. The largest absolute Gasteiger partial charge is 0.481 e. The second-order valence-electron chi connectivity index (χ2n) is 8.73. The molecule has 2 bridgehead atoms. The average molecular weight is 432 g/mol. The molecule has 2 atom stereocenters. The summed E-state index contributed by atoms with van der Waals surface area (Å²) in [5.74, 6) is 0.521. The molecule has 1 aromatic carbocycles. The molecule has 3 saturated carbocycles. The number of aryl methyl sites for hydroxylation is 1. The fourth-order valence-electron chi connectivity index (χ4n) is 4.91. The second kappa shape index (κ2) is 10.4. The average Bonchev–Trinajstić information content (AvgIpc) is 2.71. The standard InChI is InChI=1S/C24H33NO4S/c1-18-8-10-19(11-9-18)16-17-30(28,29)25-24-21-14-12-20(13-15-21)22(24)6-4-2-3-5-7-23(26)27/h2,4,8-11,16-17,20-22,24-25H,3,5-7,12-15H2,1H3,(H,26,27)/b4-2+,17-16+. The minimum atomic E-state index is -3.51. The summed E-state index contributed by atoms with van der Waals surface area (Å²) >= 11 is 0. The molecule has 2 N–H and O–H groups in total. The van der Waals surface area contributed by atoms with E-state index >= 15 is 0 Å². The number of aliphatic carboxylic acids is 1. The van der Waals surface area contributed by atoms with Crippen LogP contribution in [0.15, 0.2) is 41.8 Å². The van der Waals surface area contributed by atoms with E-state index in [4.69, 9.17) is 5.11 Å². The molecule has 0 radical (unpaired) electrons. The van der Waals surface area contributed by atoms with Gasteiger partial charge in [-0.2, -0.15) is 0 Å². The minimum absolute atomic E-state index is 0.0196.